The summed E-state index contributed by atoms with van der Waals surface area (Å²) in [5, 5.41) is 1.85. The number of hydrogen-bond acceptors (Lipinski definition) is 5. The molecule has 1 aromatic carbocycles. The predicted molar refractivity (Wildman–Crippen MR) is 80.5 cm³/mol. The van der Waals surface area contributed by atoms with Gasteiger partial charge in [-0.05, 0) is 11.1 Å². The zero-order valence-corrected chi connectivity index (χ0v) is 12.8. The number of sulfonamides is 1. The highest BCUT2D eigenvalue weighted by molar-refractivity contribution is 7.88. The number of nitrogens with zero attached hydrogens (tertiary/aromatic N) is 2. The maximum atomic E-state index is 12.3. The molecule has 0 atom stereocenters. The van der Waals surface area contributed by atoms with Gasteiger partial charge in [-0.2, -0.15) is 4.31 Å². The maximum absolute atomic E-state index is 12.3. The molecule has 0 spiro atoms. The van der Waals surface area contributed by atoms with Crippen LogP contribution in [-0.2, 0) is 28.9 Å². The van der Waals surface area contributed by atoms with Crippen molar-refractivity contribution in [2.45, 2.75) is 18.8 Å². The van der Waals surface area contributed by atoms with Gasteiger partial charge in [0, 0.05) is 19.0 Å². The molecule has 20 heavy (non-hydrogen) atoms. The molecular weight excluding hydrogens is 294 g/mol. The van der Waals surface area contributed by atoms with Gasteiger partial charge in [0.15, 0.2) is 0 Å². The van der Waals surface area contributed by atoms with E-state index in [4.69, 9.17) is 5.73 Å². The monoisotopic (exact) mass is 311 g/mol. The molecule has 108 valence electrons. The average molecular weight is 311 g/mol. The van der Waals surface area contributed by atoms with Crippen molar-refractivity contribution in [3.05, 3.63) is 52.0 Å². The first-order valence-electron chi connectivity index (χ1n) is 6.10. The summed E-state index contributed by atoms with van der Waals surface area (Å²) in [4.78, 5) is 4.10. The third-order valence-corrected chi connectivity index (χ3v) is 5.36. The second-order valence-electron chi connectivity index (χ2n) is 4.51. The molecule has 7 heteroatoms. The molecule has 0 saturated carbocycles. The van der Waals surface area contributed by atoms with Gasteiger partial charge in [-0.25, -0.2) is 13.4 Å². The van der Waals surface area contributed by atoms with Gasteiger partial charge in [0.25, 0.3) is 0 Å². The Labute approximate surface area is 123 Å². The smallest absolute Gasteiger partial charge is 0.218 e. The van der Waals surface area contributed by atoms with Crippen LogP contribution >= 0.6 is 11.3 Å². The maximum Gasteiger partial charge on any atom is 0.218 e. The van der Waals surface area contributed by atoms with E-state index in [9.17, 15) is 8.42 Å². The lowest BCUT2D eigenvalue weighted by atomic mass is 10.1. The molecule has 0 aliphatic heterocycles. The summed E-state index contributed by atoms with van der Waals surface area (Å²) in [6.07, 6.45) is 0. The zero-order chi connectivity index (χ0) is 14.6. The molecule has 0 unspecified atom stereocenters. The minimum absolute atomic E-state index is 0.0154. The quantitative estimate of drug-likeness (QED) is 0.878. The second-order valence-corrected chi connectivity index (χ2v) is 7.31. The molecule has 0 fully saturated rings. The minimum Gasteiger partial charge on any atom is -0.326 e. The first-order chi connectivity index (χ1) is 9.51. The van der Waals surface area contributed by atoms with Crippen LogP contribution in [-0.4, -0.2) is 24.8 Å². The summed E-state index contributed by atoms with van der Waals surface area (Å²) < 4.78 is 25.8. The number of hydrogen-bond donors (Lipinski definition) is 1. The van der Waals surface area contributed by atoms with E-state index in [0.29, 0.717) is 13.1 Å². The topological polar surface area (TPSA) is 76.3 Å². The molecule has 1 aromatic heterocycles. The van der Waals surface area contributed by atoms with Crippen LogP contribution in [0.4, 0.5) is 0 Å². The summed E-state index contributed by atoms with van der Waals surface area (Å²) in [6.45, 7) is 0.753. The normalized spacial score (nSPS) is 11.9. The number of thiazole rings is 1. The van der Waals surface area contributed by atoms with Gasteiger partial charge in [0.2, 0.25) is 10.0 Å². The average Bonchev–Trinajstić information content (AvgIpc) is 2.92. The second kappa shape index (κ2) is 6.45. The Kier molecular flexibility index (Phi) is 4.87. The lowest BCUT2D eigenvalue weighted by molar-refractivity contribution is 0.462. The third-order valence-electron chi connectivity index (χ3n) is 2.95. The molecule has 1 heterocycles. The molecular formula is C13H17N3O2S2. The van der Waals surface area contributed by atoms with E-state index in [0.717, 1.165) is 16.8 Å². The van der Waals surface area contributed by atoms with Gasteiger partial charge < -0.3 is 5.73 Å². The van der Waals surface area contributed by atoms with E-state index in [-0.39, 0.29) is 5.75 Å². The van der Waals surface area contributed by atoms with Crippen LogP contribution in [0.1, 0.15) is 16.8 Å². The lowest BCUT2D eigenvalue weighted by Gasteiger charge is -2.16. The fraction of sp³-hybridized carbons (Fsp3) is 0.308. The molecule has 0 bridgehead atoms. The molecule has 2 rings (SSSR count). The Morgan fingerprint density at radius 3 is 2.45 bits per heavy atom. The standard InChI is InChI=1S/C13H17N3O2S2/c1-16(7-13-8-19-10-15-13)20(17,18)9-12-4-2-11(6-14)3-5-12/h2-5,8,10H,6-7,9,14H2,1H3. The van der Waals surface area contributed by atoms with Crippen molar-refractivity contribution in [2.24, 2.45) is 5.73 Å². The fourth-order valence-corrected chi connectivity index (χ4v) is 3.45. The molecule has 5 nitrogen and oxygen atoms in total. The van der Waals surface area contributed by atoms with E-state index in [2.05, 4.69) is 4.98 Å². The largest absolute Gasteiger partial charge is 0.326 e. The van der Waals surface area contributed by atoms with Gasteiger partial charge in [-0.1, -0.05) is 24.3 Å². The number of rotatable bonds is 6. The van der Waals surface area contributed by atoms with Crippen LogP contribution in [0, 0.1) is 0 Å². The van der Waals surface area contributed by atoms with E-state index >= 15 is 0 Å². The highest BCUT2D eigenvalue weighted by Crippen LogP contribution is 2.13. The number of nitrogens with two attached hydrogens (primary N) is 1. The molecule has 2 N–H and O–H groups in total. The molecule has 0 saturated heterocycles. The Morgan fingerprint density at radius 1 is 1.25 bits per heavy atom. The minimum atomic E-state index is -3.34. The van der Waals surface area contributed by atoms with Crippen molar-refractivity contribution < 1.29 is 8.42 Å². The molecule has 0 aliphatic carbocycles. The third kappa shape index (κ3) is 3.86. The van der Waals surface area contributed by atoms with Gasteiger partial charge in [0.1, 0.15) is 0 Å². The van der Waals surface area contributed by atoms with Crippen molar-refractivity contribution >= 4 is 21.4 Å². The molecule has 0 amide bonds. The van der Waals surface area contributed by atoms with Crippen LogP contribution in [0.25, 0.3) is 0 Å². The Hall–Kier alpha value is -1.28. The van der Waals surface area contributed by atoms with E-state index in [1.54, 1.807) is 24.7 Å². The summed E-state index contributed by atoms with van der Waals surface area (Å²) in [5.41, 5.74) is 9.72. The Balaban J connectivity index is 2.05. The van der Waals surface area contributed by atoms with Gasteiger partial charge >= 0.3 is 0 Å². The van der Waals surface area contributed by atoms with Gasteiger partial charge in [-0.15, -0.1) is 11.3 Å². The zero-order valence-electron chi connectivity index (χ0n) is 11.2. The first kappa shape index (κ1) is 15.1. The van der Waals surface area contributed by atoms with E-state index < -0.39 is 10.0 Å². The molecule has 2 aromatic rings. The summed E-state index contributed by atoms with van der Waals surface area (Å²) in [5.74, 6) is -0.0154. The van der Waals surface area contributed by atoms with Gasteiger partial charge in [-0.3, -0.25) is 0 Å². The highest BCUT2D eigenvalue weighted by Gasteiger charge is 2.19. The van der Waals surface area contributed by atoms with Crippen molar-refractivity contribution in [1.82, 2.24) is 9.29 Å². The summed E-state index contributed by atoms with van der Waals surface area (Å²) >= 11 is 1.46. The number of aromatic nitrogens is 1. The van der Waals surface area contributed by atoms with Crippen LogP contribution < -0.4 is 5.73 Å². The van der Waals surface area contributed by atoms with Crippen molar-refractivity contribution in [3.63, 3.8) is 0 Å². The van der Waals surface area contributed by atoms with E-state index in [1.165, 1.54) is 15.6 Å². The molecule has 0 aliphatic rings. The Bertz CT molecular complexity index is 637. The van der Waals surface area contributed by atoms with Crippen LogP contribution in [0.2, 0.25) is 0 Å². The highest BCUT2D eigenvalue weighted by atomic mass is 32.2. The van der Waals surface area contributed by atoms with Crippen LogP contribution in [0.5, 0.6) is 0 Å². The van der Waals surface area contributed by atoms with E-state index in [1.807, 2.05) is 17.5 Å². The molecule has 0 radical (unpaired) electrons. The Morgan fingerprint density at radius 2 is 1.90 bits per heavy atom. The first-order valence-corrected chi connectivity index (χ1v) is 8.65. The summed E-state index contributed by atoms with van der Waals surface area (Å²) in [6, 6.07) is 7.31. The lowest BCUT2D eigenvalue weighted by Crippen LogP contribution is -2.27. The van der Waals surface area contributed by atoms with Crippen LogP contribution in [0.15, 0.2) is 35.2 Å². The number of benzene rings is 1. The summed E-state index contributed by atoms with van der Waals surface area (Å²) in [7, 11) is -1.77. The van der Waals surface area contributed by atoms with Crippen LogP contribution in [0.3, 0.4) is 0 Å². The van der Waals surface area contributed by atoms with Gasteiger partial charge in [0.05, 0.1) is 23.5 Å². The van der Waals surface area contributed by atoms with Crippen molar-refractivity contribution in [2.75, 3.05) is 7.05 Å². The predicted octanol–water partition coefficient (Wildman–Crippen LogP) is 1.56. The van der Waals surface area contributed by atoms with Crippen molar-refractivity contribution in [1.29, 1.82) is 0 Å². The van der Waals surface area contributed by atoms with Crippen molar-refractivity contribution in [3.8, 4) is 0 Å². The SMILES string of the molecule is CN(Cc1cscn1)S(=O)(=O)Cc1ccc(CN)cc1. The fourth-order valence-electron chi connectivity index (χ4n) is 1.73.